The number of furan rings is 1. The molecule has 0 saturated heterocycles. The molecule has 0 aliphatic heterocycles. The number of hydrogen-bond acceptors (Lipinski definition) is 4. The van der Waals surface area contributed by atoms with Gasteiger partial charge in [0.15, 0.2) is 11.6 Å². The summed E-state index contributed by atoms with van der Waals surface area (Å²) in [5, 5.41) is 3.42. The first-order valence-electron chi connectivity index (χ1n) is 7.22. The van der Waals surface area contributed by atoms with Crippen LogP contribution in [-0.4, -0.2) is 23.1 Å². The highest BCUT2D eigenvalue weighted by Gasteiger charge is 2.13. The quantitative estimate of drug-likeness (QED) is 0.821. The molecule has 2 aromatic rings. The zero-order chi connectivity index (χ0) is 14.5. The Morgan fingerprint density at radius 1 is 1.10 bits per heavy atom. The largest absolute Gasteiger partial charge is 0.461 e. The molecule has 0 fully saturated rings. The Bertz CT molecular complexity index is 552. The molecule has 0 aliphatic rings. The van der Waals surface area contributed by atoms with Crippen LogP contribution in [0.5, 0.6) is 0 Å². The summed E-state index contributed by atoms with van der Waals surface area (Å²) < 4.78 is 5.48. The number of aromatic nitrogens is 2. The van der Waals surface area contributed by atoms with E-state index in [0.29, 0.717) is 5.82 Å². The van der Waals surface area contributed by atoms with Crippen molar-refractivity contribution in [1.29, 1.82) is 0 Å². The lowest BCUT2D eigenvalue weighted by Crippen LogP contribution is -2.19. The van der Waals surface area contributed by atoms with Gasteiger partial charge < -0.3 is 9.73 Å². The zero-order valence-electron chi connectivity index (χ0n) is 12.8. The zero-order valence-corrected chi connectivity index (χ0v) is 12.8. The van der Waals surface area contributed by atoms with E-state index in [2.05, 4.69) is 22.2 Å². The van der Waals surface area contributed by atoms with Gasteiger partial charge in [-0.05, 0) is 63.9 Å². The summed E-state index contributed by atoms with van der Waals surface area (Å²) in [6, 6.07) is 1.94. The molecule has 2 aromatic heterocycles. The van der Waals surface area contributed by atoms with Gasteiger partial charge in [0.2, 0.25) is 0 Å². The van der Waals surface area contributed by atoms with Crippen LogP contribution in [0.1, 0.15) is 35.9 Å². The van der Waals surface area contributed by atoms with Crippen molar-refractivity contribution in [1.82, 2.24) is 15.3 Å². The third kappa shape index (κ3) is 3.25. The van der Waals surface area contributed by atoms with Crippen LogP contribution in [0.3, 0.4) is 0 Å². The second-order valence-electron chi connectivity index (χ2n) is 5.13. The Morgan fingerprint density at radius 3 is 2.35 bits per heavy atom. The van der Waals surface area contributed by atoms with Gasteiger partial charge in [-0.1, -0.05) is 6.92 Å². The molecule has 0 bridgehead atoms. The molecule has 4 heteroatoms. The number of rotatable bonds is 6. The minimum Gasteiger partial charge on any atom is -0.461 e. The van der Waals surface area contributed by atoms with Crippen LogP contribution in [0, 0.1) is 20.8 Å². The molecule has 0 amide bonds. The lowest BCUT2D eigenvalue weighted by Gasteiger charge is -2.11. The minimum atomic E-state index is 0.688. The van der Waals surface area contributed by atoms with E-state index in [-0.39, 0.29) is 0 Å². The molecule has 108 valence electrons. The molecule has 0 aliphatic carbocycles. The lowest BCUT2D eigenvalue weighted by molar-refractivity contribution is 0.574. The van der Waals surface area contributed by atoms with Gasteiger partial charge in [0.05, 0.1) is 6.26 Å². The summed E-state index contributed by atoms with van der Waals surface area (Å²) in [6.45, 7) is 10.3. The van der Waals surface area contributed by atoms with Gasteiger partial charge in [0.25, 0.3) is 0 Å². The predicted molar refractivity (Wildman–Crippen MR) is 80.8 cm³/mol. The summed E-state index contributed by atoms with van der Waals surface area (Å²) in [5.41, 5.74) is 4.39. The SMILES string of the molecule is CCCNCCc1c(C)nc(-c2occc2C)nc1C. The van der Waals surface area contributed by atoms with Crippen LogP contribution in [0.25, 0.3) is 11.6 Å². The molecular weight excluding hydrogens is 250 g/mol. The third-order valence-corrected chi connectivity index (χ3v) is 3.46. The third-order valence-electron chi connectivity index (χ3n) is 3.46. The van der Waals surface area contributed by atoms with Crippen LogP contribution < -0.4 is 5.32 Å². The Balaban J connectivity index is 2.19. The Kier molecular flexibility index (Phi) is 4.90. The fourth-order valence-electron chi connectivity index (χ4n) is 2.32. The van der Waals surface area contributed by atoms with Crippen LogP contribution >= 0.6 is 0 Å². The van der Waals surface area contributed by atoms with Gasteiger partial charge >= 0.3 is 0 Å². The van der Waals surface area contributed by atoms with E-state index in [1.54, 1.807) is 6.26 Å². The molecule has 2 rings (SSSR count). The smallest absolute Gasteiger partial charge is 0.196 e. The Morgan fingerprint density at radius 2 is 1.80 bits per heavy atom. The van der Waals surface area contributed by atoms with Gasteiger partial charge in [-0.2, -0.15) is 0 Å². The first-order chi connectivity index (χ1) is 9.63. The van der Waals surface area contributed by atoms with Crippen LogP contribution in [-0.2, 0) is 6.42 Å². The molecule has 1 N–H and O–H groups in total. The van der Waals surface area contributed by atoms with Crippen molar-refractivity contribution in [2.75, 3.05) is 13.1 Å². The summed E-state index contributed by atoms with van der Waals surface area (Å²) in [7, 11) is 0. The predicted octanol–water partition coefficient (Wildman–Crippen LogP) is 3.20. The lowest BCUT2D eigenvalue weighted by atomic mass is 10.1. The Labute approximate surface area is 120 Å². The molecule has 4 nitrogen and oxygen atoms in total. The van der Waals surface area contributed by atoms with Crippen molar-refractivity contribution >= 4 is 0 Å². The standard InChI is InChI=1S/C16H23N3O/c1-5-8-17-9-6-14-12(3)18-16(19-13(14)4)15-11(2)7-10-20-15/h7,10,17H,5-6,8-9H2,1-4H3. The van der Waals surface area contributed by atoms with Crippen LogP contribution in [0.4, 0.5) is 0 Å². The molecule has 0 unspecified atom stereocenters. The molecule has 0 radical (unpaired) electrons. The molecule has 0 atom stereocenters. The first kappa shape index (κ1) is 14.7. The van der Waals surface area contributed by atoms with E-state index < -0.39 is 0 Å². The highest BCUT2D eigenvalue weighted by Crippen LogP contribution is 2.23. The number of aryl methyl sites for hydroxylation is 3. The number of nitrogens with one attached hydrogen (secondary N) is 1. The summed E-state index contributed by atoms with van der Waals surface area (Å²) in [5.74, 6) is 1.46. The number of hydrogen-bond donors (Lipinski definition) is 1. The van der Waals surface area contributed by atoms with E-state index >= 15 is 0 Å². The van der Waals surface area contributed by atoms with E-state index in [0.717, 1.165) is 48.6 Å². The highest BCUT2D eigenvalue weighted by molar-refractivity contribution is 5.53. The van der Waals surface area contributed by atoms with Gasteiger partial charge in [-0.3, -0.25) is 0 Å². The minimum absolute atomic E-state index is 0.688. The monoisotopic (exact) mass is 273 g/mol. The van der Waals surface area contributed by atoms with E-state index in [9.17, 15) is 0 Å². The fraction of sp³-hybridized carbons (Fsp3) is 0.500. The van der Waals surface area contributed by atoms with Gasteiger partial charge in [-0.25, -0.2) is 9.97 Å². The van der Waals surface area contributed by atoms with Gasteiger partial charge in [0.1, 0.15) is 0 Å². The van der Waals surface area contributed by atoms with Crippen molar-refractivity contribution in [3.05, 3.63) is 34.8 Å². The number of nitrogens with zero attached hydrogens (tertiary/aromatic N) is 2. The van der Waals surface area contributed by atoms with E-state index in [4.69, 9.17) is 4.42 Å². The van der Waals surface area contributed by atoms with Crippen molar-refractivity contribution < 1.29 is 4.42 Å². The second kappa shape index (κ2) is 6.66. The molecular formula is C16H23N3O. The summed E-state index contributed by atoms with van der Waals surface area (Å²) >= 11 is 0. The molecule has 2 heterocycles. The second-order valence-corrected chi connectivity index (χ2v) is 5.13. The average Bonchev–Trinajstić information content (AvgIpc) is 2.83. The fourth-order valence-corrected chi connectivity index (χ4v) is 2.32. The van der Waals surface area contributed by atoms with Gasteiger partial charge in [-0.15, -0.1) is 0 Å². The van der Waals surface area contributed by atoms with Crippen molar-refractivity contribution in [3.63, 3.8) is 0 Å². The van der Waals surface area contributed by atoms with Gasteiger partial charge in [0, 0.05) is 11.4 Å². The normalized spacial score (nSPS) is 11.0. The maximum Gasteiger partial charge on any atom is 0.196 e. The van der Waals surface area contributed by atoms with Crippen molar-refractivity contribution in [3.8, 4) is 11.6 Å². The average molecular weight is 273 g/mol. The molecule has 0 saturated carbocycles. The molecule has 20 heavy (non-hydrogen) atoms. The Hall–Kier alpha value is -1.68. The van der Waals surface area contributed by atoms with E-state index in [1.165, 1.54) is 5.56 Å². The van der Waals surface area contributed by atoms with Crippen LogP contribution in [0.15, 0.2) is 16.7 Å². The molecule has 0 aromatic carbocycles. The summed E-state index contributed by atoms with van der Waals surface area (Å²) in [4.78, 5) is 9.21. The van der Waals surface area contributed by atoms with Crippen LogP contribution in [0.2, 0.25) is 0 Å². The maximum absolute atomic E-state index is 5.48. The topological polar surface area (TPSA) is 51.0 Å². The van der Waals surface area contributed by atoms with Crippen molar-refractivity contribution in [2.45, 2.75) is 40.5 Å². The van der Waals surface area contributed by atoms with E-state index in [1.807, 2.05) is 26.8 Å². The van der Waals surface area contributed by atoms with Crippen molar-refractivity contribution in [2.24, 2.45) is 0 Å². The maximum atomic E-state index is 5.48. The highest BCUT2D eigenvalue weighted by atomic mass is 16.3. The first-order valence-corrected chi connectivity index (χ1v) is 7.22. The summed E-state index contributed by atoms with van der Waals surface area (Å²) in [6.07, 6.45) is 3.81. The molecule has 0 spiro atoms.